The van der Waals surface area contributed by atoms with E-state index in [0.717, 1.165) is 12.4 Å². The van der Waals surface area contributed by atoms with Crippen molar-refractivity contribution in [3.63, 3.8) is 0 Å². The molecular formula is C12H19N3. The van der Waals surface area contributed by atoms with Crippen molar-refractivity contribution in [2.45, 2.75) is 38.8 Å². The van der Waals surface area contributed by atoms with E-state index in [1.54, 1.807) is 0 Å². The van der Waals surface area contributed by atoms with Crippen LogP contribution in [-0.4, -0.2) is 23.6 Å². The Bertz CT molecular complexity index is 331. The van der Waals surface area contributed by atoms with Gasteiger partial charge in [-0.2, -0.15) is 0 Å². The first-order chi connectivity index (χ1) is 7.18. The van der Waals surface area contributed by atoms with Gasteiger partial charge in [0.1, 0.15) is 5.82 Å². The van der Waals surface area contributed by atoms with Crippen LogP contribution in [0.25, 0.3) is 0 Å². The molecule has 1 saturated carbocycles. The van der Waals surface area contributed by atoms with Gasteiger partial charge in [-0.1, -0.05) is 6.07 Å². The summed E-state index contributed by atoms with van der Waals surface area (Å²) in [6, 6.07) is 4.96. The molecule has 0 saturated heterocycles. The molecule has 1 heterocycles. The van der Waals surface area contributed by atoms with Gasteiger partial charge in [-0.15, -0.1) is 0 Å². The van der Waals surface area contributed by atoms with Gasteiger partial charge >= 0.3 is 0 Å². The summed E-state index contributed by atoms with van der Waals surface area (Å²) in [7, 11) is 0. The van der Waals surface area contributed by atoms with E-state index in [-0.39, 0.29) is 6.04 Å². The molecule has 3 nitrogen and oxygen atoms in total. The van der Waals surface area contributed by atoms with E-state index < -0.39 is 0 Å². The van der Waals surface area contributed by atoms with Gasteiger partial charge in [0, 0.05) is 24.8 Å². The van der Waals surface area contributed by atoms with E-state index >= 15 is 0 Å². The molecular weight excluding hydrogens is 186 g/mol. The summed E-state index contributed by atoms with van der Waals surface area (Å²) in [4.78, 5) is 6.82. The predicted octanol–water partition coefficient (Wildman–Crippen LogP) is 1.71. The minimum atomic E-state index is 0.201. The van der Waals surface area contributed by atoms with Gasteiger partial charge in [0.05, 0.1) is 0 Å². The maximum Gasteiger partial charge on any atom is 0.131 e. The topological polar surface area (TPSA) is 42.2 Å². The molecule has 82 valence electrons. The van der Waals surface area contributed by atoms with Crippen LogP contribution < -0.4 is 10.6 Å². The van der Waals surface area contributed by atoms with Crippen molar-refractivity contribution in [2.75, 3.05) is 11.4 Å². The molecule has 1 aliphatic rings. The number of aryl methyl sites for hydroxylation is 1. The lowest BCUT2D eigenvalue weighted by molar-refractivity contribution is 0.665. The minimum Gasteiger partial charge on any atom is -0.352 e. The highest BCUT2D eigenvalue weighted by Gasteiger charge is 2.30. The highest BCUT2D eigenvalue weighted by Crippen LogP contribution is 2.31. The maximum atomic E-state index is 5.88. The van der Waals surface area contributed by atoms with Crippen LogP contribution in [0.5, 0.6) is 0 Å². The molecule has 1 atom stereocenters. The van der Waals surface area contributed by atoms with Gasteiger partial charge in [0.2, 0.25) is 0 Å². The number of nitrogens with zero attached hydrogens (tertiary/aromatic N) is 2. The third-order valence-electron chi connectivity index (χ3n) is 2.73. The van der Waals surface area contributed by atoms with Crippen LogP contribution in [0.4, 0.5) is 5.82 Å². The van der Waals surface area contributed by atoms with Crippen molar-refractivity contribution < 1.29 is 0 Å². The van der Waals surface area contributed by atoms with Crippen LogP contribution in [-0.2, 0) is 0 Å². The molecule has 0 aliphatic heterocycles. The number of hydrogen-bond acceptors (Lipinski definition) is 3. The molecule has 1 fully saturated rings. The van der Waals surface area contributed by atoms with E-state index in [2.05, 4.69) is 22.9 Å². The zero-order valence-electron chi connectivity index (χ0n) is 9.48. The Balaban J connectivity index is 2.20. The number of hydrogen-bond donors (Lipinski definition) is 1. The SMILES string of the molecule is Cc1cccnc1N(CC(C)N)C1CC1. The molecule has 1 aromatic rings. The second-order valence-electron chi connectivity index (χ2n) is 4.50. The second kappa shape index (κ2) is 4.19. The maximum absolute atomic E-state index is 5.88. The number of rotatable bonds is 4. The lowest BCUT2D eigenvalue weighted by Gasteiger charge is -2.26. The lowest BCUT2D eigenvalue weighted by atomic mass is 10.2. The van der Waals surface area contributed by atoms with E-state index in [9.17, 15) is 0 Å². The van der Waals surface area contributed by atoms with Crippen molar-refractivity contribution in [1.29, 1.82) is 0 Å². The van der Waals surface area contributed by atoms with Crippen molar-refractivity contribution in [2.24, 2.45) is 5.73 Å². The van der Waals surface area contributed by atoms with Crippen LogP contribution in [0.15, 0.2) is 18.3 Å². The summed E-state index contributed by atoms with van der Waals surface area (Å²) < 4.78 is 0. The predicted molar refractivity (Wildman–Crippen MR) is 63.0 cm³/mol. The van der Waals surface area contributed by atoms with Gasteiger partial charge in [-0.05, 0) is 38.3 Å². The summed E-state index contributed by atoms with van der Waals surface area (Å²) in [6.45, 7) is 5.06. The third kappa shape index (κ3) is 2.48. The average Bonchev–Trinajstić information content (AvgIpc) is 2.98. The first kappa shape index (κ1) is 10.4. The molecule has 2 rings (SSSR count). The largest absolute Gasteiger partial charge is 0.352 e. The molecule has 15 heavy (non-hydrogen) atoms. The minimum absolute atomic E-state index is 0.201. The van der Waals surface area contributed by atoms with Crippen LogP contribution in [0.3, 0.4) is 0 Å². The molecule has 0 amide bonds. The smallest absolute Gasteiger partial charge is 0.131 e. The van der Waals surface area contributed by atoms with Gasteiger partial charge in [0.25, 0.3) is 0 Å². The van der Waals surface area contributed by atoms with Gasteiger partial charge in [-0.25, -0.2) is 4.98 Å². The summed E-state index contributed by atoms with van der Waals surface area (Å²) in [5.74, 6) is 1.11. The Kier molecular flexibility index (Phi) is 2.91. The fourth-order valence-electron chi connectivity index (χ4n) is 1.88. The van der Waals surface area contributed by atoms with Crippen molar-refractivity contribution in [3.05, 3.63) is 23.9 Å². The lowest BCUT2D eigenvalue weighted by Crippen LogP contribution is -2.38. The highest BCUT2D eigenvalue weighted by atomic mass is 15.2. The molecule has 0 spiro atoms. The third-order valence-corrected chi connectivity index (χ3v) is 2.73. The number of nitrogens with two attached hydrogens (primary N) is 1. The second-order valence-corrected chi connectivity index (χ2v) is 4.50. The molecule has 0 radical (unpaired) electrons. The summed E-state index contributed by atoms with van der Waals surface area (Å²) >= 11 is 0. The fourth-order valence-corrected chi connectivity index (χ4v) is 1.88. The Morgan fingerprint density at radius 3 is 2.87 bits per heavy atom. The first-order valence-corrected chi connectivity index (χ1v) is 5.62. The number of pyridine rings is 1. The standard InChI is InChI=1S/C12H19N3/c1-9-4-3-7-14-12(9)15(8-10(2)13)11-5-6-11/h3-4,7,10-11H,5-6,8,13H2,1-2H3. The van der Waals surface area contributed by atoms with Gasteiger partial charge in [0.15, 0.2) is 0 Å². The molecule has 0 bridgehead atoms. The first-order valence-electron chi connectivity index (χ1n) is 5.62. The zero-order valence-corrected chi connectivity index (χ0v) is 9.48. The van der Waals surface area contributed by atoms with Crippen molar-refractivity contribution in [3.8, 4) is 0 Å². The Morgan fingerprint density at radius 2 is 2.33 bits per heavy atom. The van der Waals surface area contributed by atoms with E-state index in [0.29, 0.717) is 6.04 Å². The summed E-state index contributed by atoms with van der Waals surface area (Å²) in [5, 5.41) is 0. The Labute approximate surface area is 91.3 Å². The molecule has 1 aromatic heterocycles. The normalized spacial score (nSPS) is 17.5. The van der Waals surface area contributed by atoms with E-state index in [1.165, 1.54) is 18.4 Å². The molecule has 0 aromatic carbocycles. The van der Waals surface area contributed by atoms with Crippen molar-refractivity contribution >= 4 is 5.82 Å². The molecule has 1 unspecified atom stereocenters. The fraction of sp³-hybridized carbons (Fsp3) is 0.583. The van der Waals surface area contributed by atoms with Crippen molar-refractivity contribution in [1.82, 2.24) is 4.98 Å². The monoisotopic (exact) mass is 205 g/mol. The van der Waals surface area contributed by atoms with Crippen LogP contribution in [0, 0.1) is 6.92 Å². The van der Waals surface area contributed by atoms with E-state index in [4.69, 9.17) is 5.73 Å². The van der Waals surface area contributed by atoms with E-state index in [1.807, 2.05) is 19.2 Å². The van der Waals surface area contributed by atoms with Crippen LogP contribution >= 0.6 is 0 Å². The number of anilines is 1. The number of aromatic nitrogens is 1. The Hall–Kier alpha value is -1.09. The molecule has 1 aliphatic carbocycles. The highest BCUT2D eigenvalue weighted by molar-refractivity contribution is 5.48. The molecule has 3 heteroatoms. The summed E-state index contributed by atoms with van der Waals surface area (Å²) in [5.41, 5.74) is 7.12. The van der Waals surface area contributed by atoms with Gasteiger partial charge in [-0.3, -0.25) is 0 Å². The molecule has 2 N–H and O–H groups in total. The Morgan fingerprint density at radius 1 is 1.60 bits per heavy atom. The van der Waals surface area contributed by atoms with Crippen LogP contribution in [0.2, 0.25) is 0 Å². The summed E-state index contributed by atoms with van der Waals surface area (Å²) in [6.07, 6.45) is 4.42. The van der Waals surface area contributed by atoms with Gasteiger partial charge < -0.3 is 10.6 Å². The van der Waals surface area contributed by atoms with Crippen LogP contribution in [0.1, 0.15) is 25.3 Å². The average molecular weight is 205 g/mol. The zero-order chi connectivity index (χ0) is 10.8. The quantitative estimate of drug-likeness (QED) is 0.813.